The highest BCUT2D eigenvalue weighted by atomic mass is 127. The van der Waals surface area contributed by atoms with Crippen molar-refractivity contribution in [1.82, 2.24) is 15.6 Å². The minimum absolute atomic E-state index is 0. The normalized spacial score (nSPS) is 11.9. The fourth-order valence-corrected chi connectivity index (χ4v) is 2.70. The summed E-state index contributed by atoms with van der Waals surface area (Å²) in [6.07, 6.45) is 3.43. The fraction of sp³-hybridized carbons (Fsp3) is 0.409. The zero-order valence-corrected chi connectivity index (χ0v) is 20.8. The number of halogens is 2. The molecule has 2 rings (SSSR count). The topological polar surface area (TPSA) is 78.4 Å². The highest BCUT2D eigenvalue weighted by molar-refractivity contribution is 14.0. The van der Waals surface area contributed by atoms with Gasteiger partial charge in [-0.25, -0.2) is 9.98 Å². The summed E-state index contributed by atoms with van der Waals surface area (Å²) in [7, 11) is 0. The Morgan fingerprint density at radius 2 is 1.97 bits per heavy atom. The summed E-state index contributed by atoms with van der Waals surface area (Å²) in [6.45, 7) is 8.00. The summed E-state index contributed by atoms with van der Waals surface area (Å²) in [5.41, 5.74) is 2.95. The smallest absolute Gasteiger partial charge is 0.227 e. The van der Waals surface area contributed by atoms with Gasteiger partial charge in [0.25, 0.3) is 0 Å². The summed E-state index contributed by atoms with van der Waals surface area (Å²) in [4.78, 5) is 20.8. The molecule has 0 spiro atoms. The highest BCUT2D eigenvalue weighted by Gasteiger charge is 2.10. The predicted octanol–water partition coefficient (Wildman–Crippen LogP) is 4.64. The SMILES string of the molecule is CCNC(=NCc1cccc(NC(=O)C(C)CC)c1)NCCc1ccc(Cl)nc1.I. The van der Waals surface area contributed by atoms with Crippen molar-refractivity contribution < 1.29 is 4.79 Å². The number of aromatic nitrogens is 1. The Bertz CT molecular complexity index is 813. The van der Waals surface area contributed by atoms with E-state index in [2.05, 4.69) is 25.9 Å². The number of rotatable bonds is 9. The van der Waals surface area contributed by atoms with Crippen molar-refractivity contribution in [2.75, 3.05) is 18.4 Å². The minimum atomic E-state index is -0.00271. The Balaban J connectivity index is 0.00000450. The van der Waals surface area contributed by atoms with E-state index in [-0.39, 0.29) is 35.8 Å². The zero-order valence-electron chi connectivity index (χ0n) is 17.7. The lowest BCUT2D eigenvalue weighted by molar-refractivity contribution is -0.119. The van der Waals surface area contributed by atoms with Crippen molar-refractivity contribution in [2.45, 2.75) is 40.2 Å². The van der Waals surface area contributed by atoms with Crippen LogP contribution in [0.15, 0.2) is 47.6 Å². The lowest BCUT2D eigenvalue weighted by atomic mass is 10.1. The van der Waals surface area contributed by atoms with Crippen molar-refractivity contribution in [1.29, 1.82) is 0 Å². The van der Waals surface area contributed by atoms with Crippen molar-refractivity contribution in [3.05, 3.63) is 58.9 Å². The minimum Gasteiger partial charge on any atom is -0.357 e. The number of amides is 1. The van der Waals surface area contributed by atoms with Crippen LogP contribution in [-0.2, 0) is 17.8 Å². The molecule has 1 aromatic heterocycles. The number of hydrogen-bond acceptors (Lipinski definition) is 3. The number of pyridine rings is 1. The molecule has 0 aliphatic carbocycles. The van der Waals surface area contributed by atoms with Gasteiger partial charge in [0.05, 0.1) is 6.54 Å². The molecule has 3 N–H and O–H groups in total. The van der Waals surface area contributed by atoms with Gasteiger partial charge >= 0.3 is 0 Å². The molecule has 1 atom stereocenters. The summed E-state index contributed by atoms with van der Waals surface area (Å²) >= 11 is 5.82. The van der Waals surface area contributed by atoms with Gasteiger partial charge < -0.3 is 16.0 Å². The van der Waals surface area contributed by atoms with Gasteiger partial charge in [0.1, 0.15) is 5.15 Å². The number of carbonyl (C=O) groups is 1. The third-order valence-electron chi connectivity index (χ3n) is 4.51. The molecule has 1 heterocycles. The van der Waals surface area contributed by atoms with Crippen LogP contribution >= 0.6 is 35.6 Å². The zero-order chi connectivity index (χ0) is 21.1. The molecule has 0 saturated heterocycles. The number of nitrogens with one attached hydrogen (secondary N) is 3. The lowest BCUT2D eigenvalue weighted by Crippen LogP contribution is -2.38. The molecular weight excluding hydrogens is 513 g/mol. The van der Waals surface area contributed by atoms with Crippen LogP contribution in [0.2, 0.25) is 5.15 Å². The Labute approximate surface area is 201 Å². The highest BCUT2D eigenvalue weighted by Crippen LogP contribution is 2.14. The summed E-state index contributed by atoms with van der Waals surface area (Å²) in [5.74, 6) is 0.792. The number of hydrogen-bond donors (Lipinski definition) is 3. The molecule has 0 bridgehead atoms. The fourth-order valence-electron chi connectivity index (χ4n) is 2.59. The Morgan fingerprint density at radius 3 is 2.63 bits per heavy atom. The average Bonchev–Trinajstić information content (AvgIpc) is 2.73. The molecule has 6 nitrogen and oxygen atoms in total. The summed E-state index contributed by atoms with van der Waals surface area (Å²) in [5, 5.41) is 10.0. The predicted molar refractivity (Wildman–Crippen MR) is 136 cm³/mol. The van der Waals surface area contributed by atoms with Gasteiger partial charge in [0.2, 0.25) is 5.91 Å². The van der Waals surface area contributed by atoms with Crippen molar-refractivity contribution >= 4 is 53.1 Å². The number of benzene rings is 1. The molecule has 8 heteroatoms. The maximum absolute atomic E-state index is 12.1. The lowest BCUT2D eigenvalue weighted by Gasteiger charge is -2.12. The van der Waals surface area contributed by atoms with Crippen LogP contribution in [0.5, 0.6) is 0 Å². The third kappa shape index (κ3) is 9.30. The molecule has 1 amide bonds. The maximum Gasteiger partial charge on any atom is 0.227 e. The number of nitrogens with zero attached hydrogens (tertiary/aromatic N) is 2. The standard InChI is InChI=1S/C22H30ClN5O.HI/c1-4-16(3)21(29)28-19-8-6-7-18(13-19)15-27-22(24-5-2)25-12-11-17-9-10-20(23)26-14-17;/h6-10,13-14,16H,4-5,11-12,15H2,1-3H3,(H,28,29)(H2,24,25,27);1H. The Hall–Kier alpha value is -1.87. The molecule has 2 aromatic rings. The number of carbonyl (C=O) groups excluding carboxylic acids is 1. The molecule has 0 radical (unpaired) electrons. The first kappa shape index (κ1) is 26.2. The van der Waals surface area contributed by atoms with E-state index in [0.717, 1.165) is 48.7 Å². The Morgan fingerprint density at radius 1 is 1.17 bits per heavy atom. The largest absolute Gasteiger partial charge is 0.357 e. The Kier molecular flexibility index (Phi) is 12.4. The molecule has 0 aliphatic heterocycles. The second-order valence-corrected chi connectivity index (χ2v) is 7.25. The second-order valence-electron chi connectivity index (χ2n) is 6.86. The van der Waals surface area contributed by atoms with Crippen molar-refractivity contribution in [3.8, 4) is 0 Å². The van der Waals surface area contributed by atoms with Gasteiger partial charge in [-0.1, -0.05) is 43.6 Å². The van der Waals surface area contributed by atoms with E-state index < -0.39 is 0 Å². The second kappa shape index (κ2) is 14.2. The summed E-state index contributed by atoms with van der Waals surface area (Å²) in [6, 6.07) is 11.6. The van der Waals surface area contributed by atoms with Gasteiger partial charge in [0.15, 0.2) is 5.96 Å². The molecule has 164 valence electrons. The number of guanidine groups is 1. The van der Waals surface area contributed by atoms with Crippen LogP contribution in [0, 0.1) is 5.92 Å². The monoisotopic (exact) mass is 543 g/mol. The molecule has 30 heavy (non-hydrogen) atoms. The van der Waals surface area contributed by atoms with Gasteiger partial charge in [-0.05, 0) is 49.1 Å². The molecule has 0 fully saturated rings. The van der Waals surface area contributed by atoms with E-state index in [1.165, 1.54) is 0 Å². The molecule has 0 aliphatic rings. The maximum atomic E-state index is 12.1. The van der Waals surface area contributed by atoms with Crippen LogP contribution < -0.4 is 16.0 Å². The first-order chi connectivity index (χ1) is 14.0. The van der Waals surface area contributed by atoms with E-state index >= 15 is 0 Å². The molecule has 0 saturated carbocycles. The average molecular weight is 544 g/mol. The van der Waals surface area contributed by atoms with Crippen LogP contribution in [0.4, 0.5) is 5.69 Å². The van der Waals surface area contributed by atoms with E-state index in [4.69, 9.17) is 11.6 Å². The van der Waals surface area contributed by atoms with E-state index in [1.807, 2.05) is 51.1 Å². The molecule has 1 aromatic carbocycles. The summed E-state index contributed by atoms with van der Waals surface area (Å²) < 4.78 is 0. The quantitative estimate of drug-likeness (QED) is 0.186. The van der Waals surface area contributed by atoms with Crippen molar-refractivity contribution in [3.63, 3.8) is 0 Å². The van der Waals surface area contributed by atoms with E-state index in [1.54, 1.807) is 12.3 Å². The van der Waals surface area contributed by atoms with Gasteiger partial charge in [-0.3, -0.25) is 4.79 Å². The number of anilines is 1. The third-order valence-corrected chi connectivity index (χ3v) is 4.74. The van der Waals surface area contributed by atoms with Crippen LogP contribution in [0.3, 0.4) is 0 Å². The van der Waals surface area contributed by atoms with Crippen molar-refractivity contribution in [2.24, 2.45) is 10.9 Å². The molecule has 1 unspecified atom stereocenters. The van der Waals surface area contributed by atoms with Gasteiger partial charge in [-0.2, -0.15) is 0 Å². The van der Waals surface area contributed by atoms with Crippen LogP contribution in [-0.4, -0.2) is 29.9 Å². The first-order valence-corrected chi connectivity index (χ1v) is 10.4. The first-order valence-electron chi connectivity index (χ1n) is 10.0. The molecular formula is C22H31ClIN5O. The van der Waals surface area contributed by atoms with Crippen LogP contribution in [0.1, 0.15) is 38.3 Å². The number of aliphatic imine (C=N–C) groups is 1. The van der Waals surface area contributed by atoms with Crippen LogP contribution in [0.25, 0.3) is 0 Å². The van der Waals surface area contributed by atoms with Gasteiger partial charge in [0, 0.05) is 30.9 Å². The van der Waals surface area contributed by atoms with E-state index in [0.29, 0.717) is 11.7 Å². The van der Waals surface area contributed by atoms with E-state index in [9.17, 15) is 4.79 Å². The van der Waals surface area contributed by atoms with Gasteiger partial charge in [-0.15, -0.1) is 24.0 Å².